The zero-order chi connectivity index (χ0) is 8.13. The maximum absolute atomic E-state index is 8.71. The Hall–Kier alpha value is -1.49. The van der Waals surface area contributed by atoms with Gasteiger partial charge in [-0.05, 0) is 6.07 Å². The molecule has 1 saturated carbocycles. The lowest BCUT2D eigenvalue weighted by Crippen LogP contribution is -1.96. The van der Waals surface area contributed by atoms with Crippen molar-refractivity contribution in [2.24, 2.45) is 5.92 Å². The number of nitrogens with zero attached hydrogens (tertiary/aromatic N) is 1. The highest BCUT2D eigenvalue weighted by Crippen LogP contribution is 2.57. The van der Waals surface area contributed by atoms with Gasteiger partial charge in [-0.3, -0.25) is 0 Å². The topological polar surface area (TPSA) is 33.0 Å². The maximum Gasteiger partial charge on any atom is 0.124 e. The molecule has 3 rings (SSSR count). The van der Waals surface area contributed by atoms with E-state index in [1.54, 1.807) is 0 Å². The van der Waals surface area contributed by atoms with Gasteiger partial charge in [-0.1, -0.05) is 18.2 Å². The third-order valence-corrected chi connectivity index (χ3v) is 2.64. The number of ether oxygens (including phenoxy) is 1. The van der Waals surface area contributed by atoms with Crippen LogP contribution >= 0.6 is 0 Å². The average Bonchev–Trinajstić information content (AvgIpc) is 2.68. The first-order chi connectivity index (χ1) is 5.92. The maximum atomic E-state index is 8.71. The molecule has 1 heterocycles. The predicted molar refractivity (Wildman–Crippen MR) is 42.7 cm³/mol. The predicted octanol–water partition coefficient (Wildman–Crippen LogP) is 1.68. The molecular weight excluding hydrogens is 150 g/mol. The van der Waals surface area contributed by atoms with Gasteiger partial charge in [-0.25, -0.2) is 0 Å². The summed E-state index contributed by atoms with van der Waals surface area (Å²) in [6, 6.07) is 10.2. The van der Waals surface area contributed by atoms with Crippen molar-refractivity contribution in [3.05, 3.63) is 29.8 Å². The number of nitriles is 1. The Morgan fingerprint density at radius 1 is 1.33 bits per heavy atom. The Balaban J connectivity index is 2.07. The van der Waals surface area contributed by atoms with E-state index in [0.717, 1.165) is 5.75 Å². The Labute approximate surface area is 70.4 Å². The summed E-state index contributed by atoms with van der Waals surface area (Å²) in [4.78, 5) is 0. The third kappa shape index (κ3) is 0.551. The number of fused-ring (bicyclic) bond motifs is 3. The Morgan fingerprint density at radius 3 is 3.00 bits per heavy atom. The number of rotatable bonds is 0. The average molecular weight is 157 g/mol. The second kappa shape index (κ2) is 1.81. The highest BCUT2D eigenvalue weighted by atomic mass is 16.5. The number of hydrogen-bond donors (Lipinski definition) is 0. The van der Waals surface area contributed by atoms with Crippen molar-refractivity contribution in [3.63, 3.8) is 0 Å². The van der Waals surface area contributed by atoms with Crippen molar-refractivity contribution in [1.82, 2.24) is 0 Å². The van der Waals surface area contributed by atoms with E-state index in [1.807, 2.05) is 18.2 Å². The van der Waals surface area contributed by atoms with Gasteiger partial charge in [0.05, 0.1) is 12.0 Å². The number of hydrogen-bond acceptors (Lipinski definition) is 2. The molecular formula is C10H7NO. The van der Waals surface area contributed by atoms with Gasteiger partial charge < -0.3 is 4.74 Å². The number of benzene rings is 1. The van der Waals surface area contributed by atoms with Crippen molar-refractivity contribution in [1.29, 1.82) is 5.26 Å². The zero-order valence-corrected chi connectivity index (χ0v) is 6.40. The summed E-state index contributed by atoms with van der Waals surface area (Å²) >= 11 is 0. The van der Waals surface area contributed by atoms with Crippen LogP contribution in [0.25, 0.3) is 0 Å². The fourth-order valence-corrected chi connectivity index (χ4v) is 1.96. The lowest BCUT2D eigenvalue weighted by molar-refractivity contribution is 0.307. The molecule has 1 aromatic carbocycles. The van der Waals surface area contributed by atoms with Crippen LogP contribution in [0.2, 0.25) is 0 Å². The zero-order valence-electron chi connectivity index (χ0n) is 6.40. The lowest BCUT2D eigenvalue weighted by atomic mass is 10.1. The van der Waals surface area contributed by atoms with Gasteiger partial charge in [0.1, 0.15) is 11.9 Å². The van der Waals surface area contributed by atoms with E-state index >= 15 is 0 Å². The van der Waals surface area contributed by atoms with Gasteiger partial charge in [-0.15, -0.1) is 0 Å². The number of para-hydroxylation sites is 1. The van der Waals surface area contributed by atoms with E-state index < -0.39 is 0 Å². The molecule has 1 aliphatic heterocycles. The van der Waals surface area contributed by atoms with Gasteiger partial charge in [0, 0.05) is 11.5 Å². The fourth-order valence-electron chi connectivity index (χ4n) is 1.96. The summed E-state index contributed by atoms with van der Waals surface area (Å²) in [6.45, 7) is 0. The van der Waals surface area contributed by atoms with Crippen molar-refractivity contribution in [2.75, 3.05) is 0 Å². The minimum atomic E-state index is 0.111. The molecule has 3 unspecified atom stereocenters. The van der Waals surface area contributed by atoms with E-state index in [4.69, 9.17) is 10.00 Å². The van der Waals surface area contributed by atoms with E-state index in [0.29, 0.717) is 5.92 Å². The molecule has 0 amide bonds. The summed E-state index contributed by atoms with van der Waals surface area (Å²) in [7, 11) is 0. The lowest BCUT2D eigenvalue weighted by Gasteiger charge is -2.02. The van der Waals surface area contributed by atoms with E-state index in [1.165, 1.54) is 5.56 Å². The molecule has 0 aromatic heterocycles. The standard InChI is InChI=1S/C10H7NO/c11-5-7-9-6-3-1-2-4-8(6)12-10(7)9/h1-4,7,9-10H. The van der Waals surface area contributed by atoms with Crippen molar-refractivity contribution < 1.29 is 4.74 Å². The van der Waals surface area contributed by atoms with Crippen LogP contribution in [-0.2, 0) is 0 Å². The third-order valence-electron chi connectivity index (χ3n) is 2.64. The Morgan fingerprint density at radius 2 is 2.17 bits per heavy atom. The molecule has 58 valence electrons. The molecule has 1 aromatic rings. The highest BCUT2D eigenvalue weighted by molar-refractivity contribution is 5.49. The minimum Gasteiger partial charge on any atom is -0.488 e. The summed E-state index contributed by atoms with van der Waals surface area (Å²) in [5.41, 5.74) is 1.22. The normalized spacial score (nSPS) is 34.4. The largest absolute Gasteiger partial charge is 0.488 e. The van der Waals surface area contributed by atoms with Gasteiger partial charge in [0.25, 0.3) is 0 Å². The molecule has 0 bridgehead atoms. The van der Waals surface area contributed by atoms with Crippen LogP contribution in [0.4, 0.5) is 0 Å². The summed E-state index contributed by atoms with van der Waals surface area (Å²) in [5, 5.41) is 8.71. The van der Waals surface area contributed by atoms with Gasteiger partial charge >= 0.3 is 0 Å². The summed E-state index contributed by atoms with van der Waals surface area (Å²) < 4.78 is 5.56. The van der Waals surface area contributed by atoms with E-state index in [-0.39, 0.29) is 12.0 Å². The highest BCUT2D eigenvalue weighted by Gasteiger charge is 2.59. The molecule has 2 aliphatic rings. The van der Waals surface area contributed by atoms with Crippen LogP contribution in [0, 0.1) is 17.2 Å². The van der Waals surface area contributed by atoms with Gasteiger partial charge in [0.2, 0.25) is 0 Å². The molecule has 1 fully saturated rings. The summed E-state index contributed by atoms with van der Waals surface area (Å²) in [6.07, 6.45) is 0.160. The van der Waals surface area contributed by atoms with Crippen molar-refractivity contribution in [3.8, 4) is 11.8 Å². The monoisotopic (exact) mass is 157 g/mol. The molecule has 12 heavy (non-hydrogen) atoms. The molecule has 1 aliphatic carbocycles. The van der Waals surface area contributed by atoms with E-state index in [9.17, 15) is 0 Å². The van der Waals surface area contributed by atoms with Crippen molar-refractivity contribution >= 4 is 0 Å². The second-order valence-electron chi connectivity index (χ2n) is 3.30. The van der Waals surface area contributed by atoms with Gasteiger partial charge in [-0.2, -0.15) is 5.26 Å². The Bertz CT molecular complexity index is 380. The first-order valence-corrected chi connectivity index (χ1v) is 4.07. The van der Waals surface area contributed by atoms with Gasteiger partial charge in [0.15, 0.2) is 0 Å². The molecule has 0 saturated heterocycles. The quantitative estimate of drug-likeness (QED) is 0.574. The van der Waals surface area contributed by atoms with Crippen LogP contribution in [-0.4, -0.2) is 6.10 Å². The SMILES string of the molecule is N#CC1C2Oc3ccccc3C12. The van der Waals surface area contributed by atoms with Crippen molar-refractivity contribution in [2.45, 2.75) is 12.0 Å². The molecule has 0 spiro atoms. The van der Waals surface area contributed by atoms with Crippen LogP contribution < -0.4 is 4.74 Å². The minimum absolute atomic E-state index is 0.111. The first kappa shape index (κ1) is 6.07. The summed E-state index contributed by atoms with van der Waals surface area (Å²) in [5.74, 6) is 1.45. The van der Waals surface area contributed by atoms with Crippen LogP contribution in [0.3, 0.4) is 0 Å². The molecule has 0 radical (unpaired) electrons. The fraction of sp³-hybridized carbons (Fsp3) is 0.300. The Kier molecular flexibility index (Phi) is 0.916. The molecule has 2 nitrogen and oxygen atoms in total. The second-order valence-corrected chi connectivity index (χ2v) is 3.30. The molecule has 2 heteroatoms. The van der Waals surface area contributed by atoms with Crippen LogP contribution in [0.5, 0.6) is 5.75 Å². The molecule has 3 atom stereocenters. The van der Waals surface area contributed by atoms with E-state index in [2.05, 4.69) is 12.1 Å². The molecule has 0 N–H and O–H groups in total. The smallest absolute Gasteiger partial charge is 0.124 e. The van der Waals surface area contributed by atoms with Crippen LogP contribution in [0.1, 0.15) is 11.5 Å². The van der Waals surface area contributed by atoms with Crippen LogP contribution in [0.15, 0.2) is 24.3 Å². The first-order valence-electron chi connectivity index (χ1n) is 4.07.